The fourth-order valence-electron chi connectivity index (χ4n) is 3.03. The molecular weight excluding hydrogens is 279 g/mol. The Kier molecular flexibility index (Phi) is 2.79. The molecule has 0 bridgehead atoms. The number of halogens is 1. The minimum absolute atomic E-state index is 0.0668. The minimum atomic E-state index is -0.494. The molecule has 0 spiro atoms. The van der Waals surface area contributed by atoms with Crippen molar-refractivity contribution in [3.8, 4) is 0 Å². The lowest BCUT2D eigenvalue weighted by molar-refractivity contribution is -0.118. The highest BCUT2D eigenvalue weighted by molar-refractivity contribution is 6.04. The molecule has 22 heavy (non-hydrogen) atoms. The largest absolute Gasteiger partial charge is 0.361 e. The van der Waals surface area contributed by atoms with Crippen LogP contribution in [0.15, 0.2) is 54.7 Å². The lowest BCUT2D eigenvalue weighted by Crippen LogP contribution is -2.27. The van der Waals surface area contributed by atoms with Gasteiger partial charge in [-0.15, -0.1) is 0 Å². The van der Waals surface area contributed by atoms with Gasteiger partial charge in [0.2, 0.25) is 5.91 Å². The number of hydrogen-bond donors (Lipinski definition) is 2. The van der Waals surface area contributed by atoms with Gasteiger partial charge in [0.15, 0.2) is 0 Å². The Morgan fingerprint density at radius 2 is 1.95 bits per heavy atom. The number of H-pyrrole nitrogens is 1. The molecule has 0 aliphatic heterocycles. The topological polar surface area (TPSA) is 44.9 Å². The van der Waals surface area contributed by atoms with Crippen LogP contribution in [0, 0.1) is 5.82 Å². The van der Waals surface area contributed by atoms with E-state index in [-0.39, 0.29) is 11.7 Å². The molecule has 3 aromatic rings. The van der Waals surface area contributed by atoms with Crippen molar-refractivity contribution in [1.82, 2.24) is 4.98 Å². The Labute approximate surface area is 127 Å². The molecular formula is C18H15FN2O. The van der Waals surface area contributed by atoms with Crippen molar-refractivity contribution in [3.05, 3.63) is 66.1 Å². The smallest absolute Gasteiger partial charge is 0.235 e. The van der Waals surface area contributed by atoms with Gasteiger partial charge in [0.05, 0.1) is 5.41 Å². The first-order valence-corrected chi connectivity index (χ1v) is 7.33. The molecule has 1 fully saturated rings. The van der Waals surface area contributed by atoms with E-state index in [2.05, 4.69) is 10.3 Å². The van der Waals surface area contributed by atoms with Crippen molar-refractivity contribution in [2.24, 2.45) is 0 Å². The summed E-state index contributed by atoms with van der Waals surface area (Å²) >= 11 is 0. The molecule has 110 valence electrons. The summed E-state index contributed by atoms with van der Waals surface area (Å²) in [5, 5.41) is 3.92. The van der Waals surface area contributed by atoms with Crippen LogP contribution in [-0.4, -0.2) is 10.9 Å². The highest BCUT2D eigenvalue weighted by Gasteiger charge is 2.52. The first kappa shape index (κ1) is 13.1. The first-order valence-electron chi connectivity index (χ1n) is 7.33. The molecule has 4 rings (SSSR count). The predicted octanol–water partition coefficient (Wildman–Crippen LogP) is 3.98. The summed E-state index contributed by atoms with van der Waals surface area (Å²) in [6.45, 7) is 0. The number of aromatic amines is 1. The van der Waals surface area contributed by atoms with Crippen LogP contribution < -0.4 is 5.32 Å². The van der Waals surface area contributed by atoms with Crippen LogP contribution in [0.2, 0.25) is 0 Å². The van der Waals surface area contributed by atoms with Crippen LogP contribution in [-0.2, 0) is 10.2 Å². The first-order chi connectivity index (χ1) is 10.7. The van der Waals surface area contributed by atoms with E-state index >= 15 is 0 Å². The van der Waals surface area contributed by atoms with Gasteiger partial charge in [0.25, 0.3) is 0 Å². The van der Waals surface area contributed by atoms with Crippen molar-refractivity contribution >= 4 is 22.5 Å². The summed E-state index contributed by atoms with van der Waals surface area (Å²) < 4.78 is 13.3. The van der Waals surface area contributed by atoms with Crippen LogP contribution in [0.5, 0.6) is 0 Å². The fraction of sp³-hybridized carbons (Fsp3) is 0.167. The molecule has 0 radical (unpaired) electrons. The summed E-state index contributed by atoms with van der Waals surface area (Å²) in [5.41, 5.74) is 2.06. The number of amides is 1. The standard InChI is InChI=1S/C18H15FN2O/c19-12-4-3-5-13(10-12)21-17(22)18(8-9-18)15-11-20-16-7-2-1-6-14(15)16/h1-7,10-11,20H,8-9H2,(H,21,22). The number of para-hydroxylation sites is 1. The van der Waals surface area contributed by atoms with Crippen LogP contribution in [0.3, 0.4) is 0 Å². The molecule has 0 atom stereocenters. The number of carbonyl (C=O) groups is 1. The second kappa shape index (κ2) is 4.70. The normalized spacial score (nSPS) is 15.7. The van der Waals surface area contributed by atoms with Gasteiger partial charge < -0.3 is 10.3 Å². The molecule has 1 aromatic heterocycles. The van der Waals surface area contributed by atoms with Gasteiger partial charge in [0, 0.05) is 22.8 Å². The number of anilines is 1. The van der Waals surface area contributed by atoms with Crippen LogP contribution >= 0.6 is 0 Å². The van der Waals surface area contributed by atoms with Gasteiger partial charge in [-0.2, -0.15) is 0 Å². The number of hydrogen-bond acceptors (Lipinski definition) is 1. The third-order valence-corrected chi connectivity index (χ3v) is 4.37. The van der Waals surface area contributed by atoms with E-state index in [1.54, 1.807) is 12.1 Å². The number of aromatic nitrogens is 1. The Morgan fingerprint density at radius 1 is 1.14 bits per heavy atom. The number of carbonyl (C=O) groups excluding carboxylic acids is 1. The van der Waals surface area contributed by atoms with E-state index in [4.69, 9.17) is 0 Å². The highest BCUT2D eigenvalue weighted by Crippen LogP contribution is 2.51. The van der Waals surface area contributed by atoms with Crippen molar-refractivity contribution in [2.75, 3.05) is 5.32 Å². The average Bonchev–Trinajstić information content (AvgIpc) is 3.21. The lowest BCUT2D eigenvalue weighted by Gasteiger charge is -2.15. The van der Waals surface area contributed by atoms with Gasteiger partial charge in [-0.05, 0) is 42.7 Å². The zero-order chi connectivity index (χ0) is 15.2. The fourth-order valence-corrected chi connectivity index (χ4v) is 3.03. The summed E-state index contributed by atoms with van der Waals surface area (Å²) in [5.74, 6) is -0.419. The van der Waals surface area contributed by atoms with Gasteiger partial charge in [-0.25, -0.2) is 4.39 Å². The molecule has 2 aromatic carbocycles. The highest BCUT2D eigenvalue weighted by atomic mass is 19.1. The average molecular weight is 294 g/mol. The Hall–Kier alpha value is -2.62. The van der Waals surface area contributed by atoms with Crippen molar-refractivity contribution < 1.29 is 9.18 Å². The van der Waals surface area contributed by atoms with Crippen LogP contribution in [0.4, 0.5) is 10.1 Å². The molecule has 3 nitrogen and oxygen atoms in total. The van der Waals surface area contributed by atoms with Crippen molar-refractivity contribution in [1.29, 1.82) is 0 Å². The number of fused-ring (bicyclic) bond motifs is 1. The van der Waals surface area contributed by atoms with E-state index < -0.39 is 5.41 Å². The number of rotatable bonds is 3. The number of benzene rings is 2. The Morgan fingerprint density at radius 3 is 2.73 bits per heavy atom. The molecule has 4 heteroatoms. The van der Waals surface area contributed by atoms with Crippen LogP contribution in [0.25, 0.3) is 10.9 Å². The molecule has 1 aliphatic carbocycles. The van der Waals surface area contributed by atoms with E-state index in [1.165, 1.54) is 12.1 Å². The number of nitrogens with one attached hydrogen (secondary N) is 2. The SMILES string of the molecule is O=C(Nc1cccc(F)c1)C1(c2c[nH]c3ccccc23)CC1. The molecule has 1 amide bonds. The third kappa shape index (κ3) is 1.99. The van der Waals surface area contributed by atoms with Crippen LogP contribution in [0.1, 0.15) is 18.4 Å². The molecule has 1 aliphatic rings. The van der Waals surface area contributed by atoms with E-state index in [0.717, 1.165) is 29.3 Å². The quantitative estimate of drug-likeness (QED) is 0.754. The second-order valence-corrected chi connectivity index (χ2v) is 5.79. The van der Waals surface area contributed by atoms with E-state index in [0.29, 0.717) is 5.69 Å². The van der Waals surface area contributed by atoms with Gasteiger partial charge in [-0.3, -0.25) is 4.79 Å². The second-order valence-electron chi connectivity index (χ2n) is 5.79. The minimum Gasteiger partial charge on any atom is -0.361 e. The monoisotopic (exact) mass is 294 g/mol. The zero-order valence-electron chi connectivity index (χ0n) is 11.9. The van der Waals surface area contributed by atoms with Crippen molar-refractivity contribution in [3.63, 3.8) is 0 Å². The molecule has 1 heterocycles. The lowest BCUT2D eigenvalue weighted by atomic mass is 9.94. The zero-order valence-corrected chi connectivity index (χ0v) is 11.9. The molecule has 2 N–H and O–H groups in total. The summed E-state index contributed by atoms with van der Waals surface area (Å²) in [6.07, 6.45) is 3.55. The van der Waals surface area contributed by atoms with Gasteiger partial charge >= 0.3 is 0 Å². The van der Waals surface area contributed by atoms with Gasteiger partial charge in [-0.1, -0.05) is 24.3 Å². The van der Waals surface area contributed by atoms with Crippen molar-refractivity contribution in [2.45, 2.75) is 18.3 Å². The van der Waals surface area contributed by atoms with E-state index in [1.807, 2.05) is 30.5 Å². The maximum Gasteiger partial charge on any atom is 0.235 e. The molecule has 1 saturated carbocycles. The molecule has 0 saturated heterocycles. The summed E-state index contributed by atoms with van der Waals surface area (Å²) in [6, 6.07) is 14.0. The summed E-state index contributed by atoms with van der Waals surface area (Å²) in [7, 11) is 0. The predicted molar refractivity (Wildman–Crippen MR) is 84.2 cm³/mol. The maximum absolute atomic E-state index is 13.3. The maximum atomic E-state index is 13.3. The molecule has 0 unspecified atom stereocenters. The van der Waals surface area contributed by atoms with E-state index in [9.17, 15) is 9.18 Å². The van der Waals surface area contributed by atoms with Gasteiger partial charge in [0.1, 0.15) is 5.82 Å². The Balaban J connectivity index is 1.68. The Bertz CT molecular complexity index is 864. The summed E-state index contributed by atoms with van der Waals surface area (Å²) in [4.78, 5) is 15.9. The third-order valence-electron chi connectivity index (χ3n) is 4.37.